The van der Waals surface area contributed by atoms with Crippen LogP contribution in [0.2, 0.25) is 0 Å². The molecule has 0 unspecified atom stereocenters. The lowest BCUT2D eigenvalue weighted by atomic mass is 10.0. The van der Waals surface area contributed by atoms with Crippen molar-refractivity contribution in [3.05, 3.63) is 133 Å². The average Bonchev–Trinajstić information content (AvgIpc) is 3.34. The van der Waals surface area contributed by atoms with Gasteiger partial charge in [-0.2, -0.15) is 0 Å². The van der Waals surface area contributed by atoms with Crippen molar-refractivity contribution in [3.63, 3.8) is 0 Å². The van der Waals surface area contributed by atoms with E-state index >= 15 is 0 Å². The summed E-state index contributed by atoms with van der Waals surface area (Å²) in [5, 5.41) is 8.83. The van der Waals surface area contributed by atoms with E-state index in [-0.39, 0.29) is 0 Å². The third-order valence-electron chi connectivity index (χ3n) is 6.86. The average molecular weight is 478 g/mol. The molecule has 0 bridgehead atoms. The number of rotatable bonds is 4. The Labute approximate surface area is 214 Å². The summed E-state index contributed by atoms with van der Waals surface area (Å²) in [5.74, 6) is 0. The van der Waals surface area contributed by atoms with E-state index in [9.17, 15) is 0 Å². The van der Waals surface area contributed by atoms with Gasteiger partial charge in [-0.05, 0) is 57.3 Å². The number of hydrogen-bond acceptors (Lipinski definition) is 2. The molecular weight excluding hydrogens is 454 g/mol. The summed E-state index contributed by atoms with van der Waals surface area (Å²) in [4.78, 5) is 0. The molecule has 1 nitrogen and oxygen atoms in total. The van der Waals surface area contributed by atoms with Crippen LogP contribution in [0.25, 0.3) is 53.2 Å². The molecule has 6 aromatic carbocycles. The Bertz CT molecular complexity index is 1850. The van der Waals surface area contributed by atoms with Gasteiger partial charge in [0.15, 0.2) is 0 Å². The van der Waals surface area contributed by atoms with E-state index in [0.29, 0.717) is 0 Å². The molecule has 0 aliphatic heterocycles. The predicted molar refractivity (Wildman–Crippen MR) is 157 cm³/mol. The highest BCUT2D eigenvalue weighted by molar-refractivity contribution is 7.27. The highest BCUT2D eigenvalue weighted by Crippen LogP contribution is 2.43. The topological polar surface area (TPSA) is 12.0 Å². The van der Waals surface area contributed by atoms with Gasteiger partial charge in [0.25, 0.3) is 0 Å². The first-order valence-electron chi connectivity index (χ1n) is 12.2. The smallest absolute Gasteiger partial charge is 0.0590 e. The van der Waals surface area contributed by atoms with Gasteiger partial charge in [-0.25, -0.2) is 0 Å². The lowest BCUT2D eigenvalue weighted by Gasteiger charge is -2.09. The predicted octanol–water partition coefficient (Wildman–Crippen LogP) is 10.3. The molecule has 7 rings (SSSR count). The van der Waals surface area contributed by atoms with Gasteiger partial charge in [0.1, 0.15) is 0 Å². The monoisotopic (exact) mass is 477 g/mol. The van der Waals surface area contributed by atoms with Crippen LogP contribution in [-0.2, 0) is 0 Å². The molecule has 0 saturated heterocycles. The molecule has 2 heteroatoms. The molecule has 36 heavy (non-hydrogen) atoms. The summed E-state index contributed by atoms with van der Waals surface area (Å²) in [6.45, 7) is 0. The van der Waals surface area contributed by atoms with Crippen LogP contribution in [0.4, 0.5) is 11.4 Å². The first-order chi connectivity index (χ1) is 17.8. The first-order valence-corrected chi connectivity index (χ1v) is 13.0. The number of benzene rings is 6. The van der Waals surface area contributed by atoms with Crippen molar-refractivity contribution < 1.29 is 0 Å². The molecule has 0 spiro atoms. The highest BCUT2D eigenvalue weighted by Gasteiger charge is 2.13. The first kappa shape index (κ1) is 20.9. The van der Waals surface area contributed by atoms with Crippen molar-refractivity contribution in [2.24, 2.45) is 0 Å². The molecule has 0 saturated carbocycles. The fourth-order valence-corrected chi connectivity index (χ4v) is 6.34. The zero-order chi connectivity index (χ0) is 23.9. The Kier molecular flexibility index (Phi) is 5.04. The largest absolute Gasteiger partial charge is 0.354 e. The van der Waals surface area contributed by atoms with Crippen molar-refractivity contribution in [2.45, 2.75) is 0 Å². The highest BCUT2D eigenvalue weighted by atomic mass is 32.1. The van der Waals surface area contributed by atoms with E-state index in [2.05, 4.69) is 139 Å². The summed E-state index contributed by atoms with van der Waals surface area (Å²) in [6, 6.07) is 47.8. The number of fused-ring (bicyclic) bond motifs is 4. The van der Waals surface area contributed by atoms with E-state index in [0.717, 1.165) is 11.4 Å². The molecule has 0 aliphatic carbocycles. The second-order valence-electron chi connectivity index (χ2n) is 9.10. The second kappa shape index (κ2) is 8.67. The van der Waals surface area contributed by atoms with Crippen LogP contribution in [0, 0.1) is 0 Å². The normalized spacial score (nSPS) is 11.3. The minimum Gasteiger partial charge on any atom is -0.354 e. The van der Waals surface area contributed by atoms with E-state index in [1.165, 1.54) is 53.2 Å². The Hall–Kier alpha value is -4.40. The van der Waals surface area contributed by atoms with Crippen LogP contribution in [0.15, 0.2) is 133 Å². The number of anilines is 2. The lowest BCUT2D eigenvalue weighted by Crippen LogP contribution is -1.90. The summed E-state index contributed by atoms with van der Waals surface area (Å²) >= 11 is 1.87. The maximum Gasteiger partial charge on any atom is 0.0590 e. The van der Waals surface area contributed by atoms with Crippen LogP contribution >= 0.6 is 11.3 Å². The van der Waals surface area contributed by atoms with Gasteiger partial charge < -0.3 is 5.32 Å². The summed E-state index contributed by atoms with van der Waals surface area (Å²) in [7, 11) is 0. The molecular formula is C34H23NS. The van der Waals surface area contributed by atoms with E-state index < -0.39 is 0 Å². The molecule has 0 aliphatic rings. The van der Waals surface area contributed by atoms with Gasteiger partial charge in [-0.3, -0.25) is 0 Å². The Morgan fingerprint density at radius 3 is 1.97 bits per heavy atom. The van der Waals surface area contributed by atoms with Crippen molar-refractivity contribution in [3.8, 4) is 22.3 Å². The minimum atomic E-state index is 1.09. The van der Waals surface area contributed by atoms with Crippen LogP contribution in [0.1, 0.15) is 0 Å². The lowest BCUT2D eigenvalue weighted by molar-refractivity contribution is 1.57. The van der Waals surface area contributed by atoms with Crippen molar-refractivity contribution in [1.82, 2.24) is 0 Å². The standard InChI is InChI=1S/C34H23NS/c1-2-9-25(10-3-1)29-12-6-13-30-31-14-7-15-32(34(31)36-33(29)30)35-28-20-18-24(19-21-28)27-17-16-23-8-4-5-11-26(23)22-27/h1-22,35H. The maximum atomic E-state index is 3.69. The number of hydrogen-bond donors (Lipinski definition) is 1. The zero-order valence-electron chi connectivity index (χ0n) is 19.6. The van der Waals surface area contributed by atoms with Gasteiger partial charge in [0, 0.05) is 21.2 Å². The van der Waals surface area contributed by atoms with Crippen LogP contribution in [-0.4, -0.2) is 0 Å². The Balaban J connectivity index is 1.25. The van der Waals surface area contributed by atoms with Crippen molar-refractivity contribution in [1.29, 1.82) is 0 Å². The fraction of sp³-hybridized carbons (Fsp3) is 0. The molecule has 1 heterocycles. The summed E-state index contributed by atoms with van der Waals surface area (Å²) in [6.07, 6.45) is 0. The summed E-state index contributed by atoms with van der Waals surface area (Å²) < 4.78 is 2.62. The second-order valence-corrected chi connectivity index (χ2v) is 10.1. The Morgan fingerprint density at radius 2 is 1.14 bits per heavy atom. The molecule has 1 N–H and O–H groups in total. The molecule has 170 valence electrons. The van der Waals surface area contributed by atoms with Crippen LogP contribution in [0.5, 0.6) is 0 Å². The van der Waals surface area contributed by atoms with Gasteiger partial charge in [-0.15, -0.1) is 11.3 Å². The maximum absolute atomic E-state index is 3.69. The molecule has 0 fully saturated rings. The Morgan fingerprint density at radius 1 is 0.444 bits per heavy atom. The van der Waals surface area contributed by atoms with Gasteiger partial charge >= 0.3 is 0 Å². The third kappa shape index (κ3) is 3.64. The SMILES string of the molecule is c1ccc(-c2cccc3c2sc2c(Nc4ccc(-c5ccc6ccccc6c5)cc4)cccc23)cc1. The summed E-state index contributed by atoms with van der Waals surface area (Å²) in [5.41, 5.74) is 7.24. The quantitative estimate of drug-likeness (QED) is 0.266. The molecule has 0 radical (unpaired) electrons. The third-order valence-corrected chi connectivity index (χ3v) is 8.14. The molecule has 0 atom stereocenters. The van der Waals surface area contributed by atoms with Crippen LogP contribution in [0.3, 0.4) is 0 Å². The zero-order valence-corrected chi connectivity index (χ0v) is 20.4. The molecule has 0 amide bonds. The number of nitrogens with one attached hydrogen (secondary N) is 1. The van der Waals surface area contributed by atoms with E-state index in [4.69, 9.17) is 0 Å². The van der Waals surface area contributed by atoms with Gasteiger partial charge in [0.05, 0.1) is 10.4 Å². The molecule has 7 aromatic rings. The number of thiophene rings is 1. The fourth-order valence-electron chi connectivity index (χ4n) is 5.03. The van der Waals surface area contributed by atoms with Crippen LogP contribution < -0.4 is 5.32 Å². The van der Waals surface area contributed by atoms with Gasteiger partial charge in [0.2, 0.25) is 0 Å². The molecule has 1 aromatic heterocycles. The van der Waals surface area contributed by atoms with Crippen molar-refractivity contribution in [2.75, 3.05) is 5.32 Å². The van der Waals surface area contributed by atoms with Crippen molar-refractivity contribution >= 4 is 53.7 Å². The van der Waals surface area contributed by atoms with Gasteiger partial charge in [-0.1, -0.05) is 109 Å². The minimum absolute atomic E-state index is 1.09. The van der Waals surface area contributed by atoms with E-state index in [1.807, 2.05) is 11.3 Å². The van der Waals surface area contributed by atoms with E-state index in [1.54, 1.807) is 0 Å².